The fourth-order valence-electron chi connectivity index (χ4n) is 2.79. The lowest BCUT2D eigenvalue weighted by molar-refractivity contribution is 0.276. The molecule has 0 aliphatic carbocycles. The smallest absolute Gasteiger partial charge is 0.154 e. The topological polar surface area (TPSA) is 67.6 Å². The fraction of sp³-hybridized carbons (Fsp3) is 0.500. The summed E-state index contributed by atoms with van der Waals surface area (Å²) in [5.74, 6) is 0. The van der Waals surface area contributed by atoms with Gasteiger partial charge in [0.25, 0.3) is 0 Å². The van der Waals surface area contributed by atoms with Gasteiger partial charge in [0.1, 0.15) is 0 Å². The van der Waals surface area contributed by atoms with E-state index in [0.717, 1.165) is 36.9 Å². The van der Waals surface area contributed by atoms with E-state index in [1.807, 2.05) is 12.1 Å². The second kappa shape index (κ2) is 5.43. The molecule has 4 nitrogen and oxygen atoms in total. The number of nitrogens with two attached hydrogens (primary N) is 2. The molecule has 1 saturated heterocycles. The van der Waals surface area contributed by atoms with E-state index in [9.17, 15) is 0 Å². The number of fused-ring (bicyclic) bond motifs is 1. The molecule has 0 amide bonds. The normalized spacial score (nSPS) is 27.7. The summed E-state index contributed by atoms with van der Waals surface area (Å²) in [4.78, 5) is 7.05. The molecule has 2 heterocycles. The molecule has 5 heteroatoms. The van der Waals surface area contributed by atoms with Gasteiger partial charge in [-0.3, -0.25) is 9.89 Å². The van der Waals surface area contributed by atoms with Gasteiger partial charge in [0, 0.05) is 24.0 Å². The number of anilines is 1. The third-order valence-electron chi connectivity index (χ3n) is 3.85. The summed E-state index contributed by atoms with van der Waals surface area (Å²) in [5, 5.41) is 1.37. The lowest BCUT2D eigenvalue weighted by Crippen LogP contribution is -2.24. The van der Waals surface area contributed by atoms with Crippen molar-refractivity contribution in [3.63, 3.8) is 0 Å². The van der Waals surface area contributed by atoms with Gasteiger partial charge < -0.3 is 11.5 Å². The summed E-state index contributed by atoms with van der Waals surface area (Å²) >= 11 is 1.76. The van der Waals surface area contributed by atoms with Gasteiger partial charge >= 0.3 is 0 Å². The highest BCUT2D eigenvalue weighted by Gasteiger charge is 2.31. The number of hydrogen-bond acceptors (Lipinski definition) is 5. The predicted octanol–water partition coefficient (Wildman–Crippen LogP) is 1.66. The third-order valence-corrected chi connectivity index (χ3v) is 5.05. The average Bonchev–Trinajstić information content (AvgIpc) is 2.66. The Kier molecular flexibility index (Phi) is 3.66. The molecular formula is C14H20N4S. The number of nitrogen functional groups attached to an aromatic ring is 1. The molecule has 0 saturated carbocycles. The lowest BCUT2D eigenvalue weighted by Gasteiger charge is -2.20. The molecule has 0 aromatic heterocycles. The summed E-state index contributed by atoms with van der Waals surface area (Å²) in [6.07, 6.45) is 2.29. The zero-order valence-corrected chi connectivity index (χ0v) is 11.8. The Balaban J connectivity index is 1.60. The Bertz CT molecular complexity index is 471. The van der Waals surface area contributed by atoms with Gasteiger partial charge in [0.2, 0.25) is 0 Å². The fourth-order valence-corrected chi connectivity index (χ4v) is 3.87. The van der Waals surface area contributed by atoms with E-state index in [0.29, 0.717) is 11.3 Å². The van der Waals surface area contributed by atoms with Crippen LogP contribution in [0.3, 0.4) is 0 Å². The highest BCUT2D eigenvalue weighted by Crippen LogP contribution is 2.32. The van der Waals surface area contributed by atoms with Crippen molar-refractivity contribution < 1.29 is 0 Å². The van der Waals surface area contributed by atoms with Crippen LogP contribution < -0.4 is 11.5 Å². The number of nitrogens with zero attached hydrogens (tertiary/aromatic N) is 2. The molecule has 0 radical (unpaired) electrons. The number of likely N-dealkylation sites (tertiary alicyclic amines) is 1. The summed E-state index contributed by atoms with van der Waals surface area (Å²) in [6.45, 7) is 3.23. The van der Waals surface area contributed by atoms with E-state index >= 15 is 0 Å². The second-order valence-corrected chi connectivity index (χ2v) is 6.55. The minimum Gasteiger partial charge on any atom is -0.399 e. The zero-order chi connectivity index (χ0) is 13.2. The van der Waals surface area contributed by atoms with Gasteiger partial charge in [-0.1, -0.05) is 23.9 Å². The predicted molar refractivity (Wildman–Crippen MR) is 82.2 cm³/mol. The number of rotatable bonds is 2. The van der Waals surface area contributed by atoms with E-state index in [4.69, 9.17) is 11.5 Å². The molecule has 0 spiro atoms. The maximum Gasteiger partial charge on any atom is 0.154 e. The Labute approximate surface area is 118 Å². The van der Waals surface area contributed by atoms with Crippen molar-refractivity contribution in [2.45, 2.75) is 30.7 Å². The number of benzene rings is 1. The largest absolute Gasteiger partial charge is 0.399 e. The van der Waals surface area contributed by atoms with Crippen molar-refractivity contribution in [3.8, 4) is 0 Å². The Morgan fingerprint density at radius 1 is 1.16 bits per heavy atom. The van der Waals surface area contributed by atoms with E-state index < -0.39 is 0 Å². The van der Waals surface area contributed by atoms with Crippen LogP contribution in [0.1, 0.15) is 18.4 Å². The highest BCUT2D eigenvalue weighted by molar-refractivity contribution is 8.14. The minimum absolute atomic E-state index is 0.432. The molecule has 2 aliphatic rings. The van der Waals surface area contributed by atoms with Crippen LogP contribution in [-0.2, 0) is 6.54 Å². The van der Waals surface area contributed by atoms with Gasteiger partial charge in [-0.05, 0) is 37.1 Å². The first-order valence-corrected chi connectivity index (χ1v) is 7.65. The number of hydrogen-bond donors (Lipinski definition) is 2. The summed E-state index contributed by atoms with van der Waals surface area (Å²) in [5.41, 5.74) is 13.7. The molecule has 2 aliphatic heterocycles. The van der Waals surface area contributed by atoms with Crippen molar-refractivity contribution >= 4 is 22.6 Å². The number of thioether (sulfide) groups is 1. The summed E-state index contributed by atoms with van der Waals surface area (Å²) in [7, 11) is 0. The average molecular weight is 276 g/mol. The summed E-state index contributed by atoms with van der Waals surface area (Å²) < 4.78 is 0. The van der Waals surface area contributed by atoms with E-state index in [2.05, 4.69) is 22.0 Å². The first-order chi connectivity index (χ1) is 9.20. The van der Waals surface area contributed by atoms with Crippen molar-refractivity contribution in [1.29, 1.82) is 0 Å². The number of amidine groups is 1. The van der Waals surface area contributed by atoms with Crippen molar-refractivity contribution in [3.05, 3.63) is 29.8 Å². The van der Waals surface area contributed by atoms with Crippen molar-refractivity contribution in [2.75, 3.05) is 18.8 Å². The molecule has 1 aromatic carbocycles. The zero-order valence-electron chi connectivity index (χ0n) is 11.0. The standard InChI is InChI=1S/C14H20N4S/c15-11-3-1-10(2-4-11)9-18-7-5-12-13(6-8-18)19-14(16)17-12/h1-4,12-13H,5-9,15H2,(H2,16,17). The maximum absolute atomic E-state index is 5.81. The van der Waals surface area contributed by atoms with Crippen molar-refractivity contribution in [2.24, 2.45) is 10.7 Å². The Morgan fingerprint density at radius 2 is 1.89 bits per heavy atom. The van der Waals surface area contributed by atoms with Gasteiger partial charge in [-0.2, -0.15) is 0 Å². The van der Waals surface area contributed by atoms with E-state index in [-0.39, 0.29) is 0 Å². The molecule has 1 fully saturated rings. The van der Waals surface area contributed by atoms with Crippen LogP contribution in [0.25, 0.3) is 0 Å². The first-order valence-electron chi connectivity index (χ1n) is 6.77. The van der Waals surface area contributed by atoms with Gasteiger partial charge in [-0.25, -0.2) is 0 Å². The van der Waals surface area contributed by atoms with Crippen LogP contribution in [0.5, 0.6) is 0 Å². The van der Waals surface area contributed by atoms with Gasteiger partial charge in [-0.15, -0.1) is 0 Å². The van der Waals surface area contributed by atoms with Crippen LogP contribution in [0.15, 0.2) is 29.3 Å². The maximum atomic E-state index is 5.81. The van der Waals surface area contributed by atoms with Gasteiger partial charge in [0.05, 0.1) is 6.04 Å². The molecule has 19 heavy (non-hydrogen) atoms. The van der Waals surface area contributed by atoms with Crippen LogP contribution in [0.2, 0.25) is 0 Å². The van der Waals surface area contributed by atoms with Crippen molar-refractivity contribution in [1.82, 2.24) is 4.90 Å². The monoisotopic (exact) mass is 276 g/mol. The SMILES string of the molecule is NC1=NC2CCN(Cc3ccc(N)cc3)CCC2S1. The van der Waals surface area contributed by atoms with Crippen LogP contribution >= 0.6 is 11.8 Å². The van der Waals surface area contributed by atoms with Crippen LogP contribution in [-0.4, -0.2) is 34.4 Å². The minimum atomic E-state index is 0.432. The third kappa shape index (κ3) is 3.04. The highest BCUT2D eigenvalue weighted by atomic mass is 32.2. The summed E-state index contributed by atoms with van der Waals surface area (Å²) in [6, 6.07) is 8.62. The van der Waals surface area contributed by atoms with Crippen LogP contribution in [0, 0.1) is 0 Å². The second-order valence-electron chi connectivity index (χ2n) is 5.29. The molecule has 2 unspecified atom stereocenters. The first kappa shape index (κ1) is 12.8. The number of aliphatic imine (C=N–C) groups is 1. The van der Waals surface area contributed by atoms with E-state index in [1.54, 1.807) is 11.8 Å². The molecule has 3 rings (SSSR count). The quantitative estimate of drug-likeness (QED) is 0.806. The molecule has 2 atom stereocenters. The Hall–Kier alpha value is -1.20. The molecule has 102 valence electrons. The molecule has 1 aromatic rings. The molecule has 4 N–H and O–H groups in total. The molecular weight excluding hydrogens is 256 g/mol. The molecule has 0 bridgehead atoms. The lowest BCUT2D eigenvalue weighted by atomic mass is 10.1. The van der Waals surface area contributed by atoms with Crippen LogP contribution in [0.4, 0.5) is 5.69 Å². The Morgan fingerprint density at radius 3 is 2.68 bits per heavy atom. The van der Waals surface area contributed by atoms with Gasteiger partial charge in [0.15, 0.2) is 5.17 Å². The van der Waals surface area contributed by atoms with E-state index in [1.165, 1.54) is 12.0 Å².